The Hall–Kier alpha value is -1.09. The van der Waals surface area contributed by atoms with Gasteiger partial charge in [-0.25, -0.2) is 8.42 Å². The van der Waals surface area contributed by atoms with Gasteiger partial charge in [-0.05, 0) is 31.8 Å². The molecule has 17 heavy (non-hydrogen) atoms. The molecule has 0 N–H and O–H groups in total. The third kappa shape index (κ3) is 2.60. The lowest BCUT2D eigenvalue weighted by molar-refractivity contribution is 0.594. The summed E-state index contributed by atoms with van der Waals surface area (Å²) in [5.41, 5.74) is 1.14. The summed E-state index contributed by atoms with van der Waals surface area (Å²) >= 11 is 0. The van der Waals surface area contributed by atoms with E-state index >= 15 is 0 Å². The van der Waals surface area contributed by atoms with Crippen LogP contribution in [0.2, 0.25) is 0 Å². The summed E-state index contributed by atoms with van der Waals surface area (Å²) in [6.07, 6.45) is 12.7. The minimum atomic E-state index is -3.19. The van der Waals surface area contributed by atoms with Gasteiger partial charge in [-0.1, -0.05) is 42.9 Å². The molecular weight excluding hydrogens is 232 g/mol. The van der Waals surface area contributed by atoms with Gasteiger partial charge in [0, 0.05) is 0 Å². The Balaban J connectivity index is 2.21. The second-order valence-electron chi connectivity index (χ2n) is 4.81. The lowest BCUT2D eigenvalue weighted by Gasteiger charge is -2.19. The van der Waals surface area contributed by atoms with Crippen LogP contribution in [0.15, 0.2) is 46.9 Å². The van der Waals surface area contributed by atoms with Crippen molar-refractivity contribution in [3.05, 3.63) is 46.9 Å². The van der Waals surface area contributed by atoms with Crippen LogP contribution in [-0.4, -0.2) is 13.7 Å². The van der Waals surface area contributed by atoms with E-state index in [-0.39, 0.29) is 0 Å². The van der Waals surface area contributed by atoms with Crippen LogP contribution in [0.3, 0.4) is 0 Å². The van der Waals surface area contributed by atoms with E-state index in [4.69, 9.17) is 0 Å². The standard InChI is InChI=1S/C14H18O2S/c1-11-3-7-13(8-4-11)17(15,16)14-9-5-12(2)6-10-14/h3-5,7,9-10,12-13H,6,8H2,1-2H3. The molecule has 2 unspecified atom stereocenters. The van der Waals surface area contributed by atoms with Gasteiger partial charge in [0.1, 0.15) is 0 Å². The first kappa shape index (κ1) is 12.4. The maximum atomic E-state index is 12.4. The van der Waals surface area contributed by atoms with Crippen molar-refractivity contribution in [3.63, 3.8) is 0 Å². The molecule has 0 saturated heterocycles. The average Bonchev–Trinajstić information content (AvgIpc) is 2.30. The molecule has 0 heterocycles. The van der Waals surface area contributed by atoms with Crippen molar-refractivity contribution < 1.29 is 8.42 Å². The highest BCUT2D eigenvalue weighted by molar-refractivity contribution is 7.96. The minimum absolute atomic E-state index is 0.393. The maximum Gasteiger partial charge on any atom is 0.184 e. The molecule has 2 nitrogen and oxygen atoms in total. The number of allylic oxidation sites excluding steroid dienone is 6. The predicted molar refractivity (Wildman–Crippen MR) is 71.2 cm³/mol. The zero-order chi connectivity index (χ0) is 12.5. The molecule has 2 aliphatic carbocycles. The van der Waals surface area contributed by atoms with Crippen molar-refractivity contribution in [1.29, 1.82) is 0 Å². The quantitative estimate of drug-likeness (QED) is 0.754. The smallest absolute Gasteiger partial charge is 0.184 e. The fourth-order valence-electron chi connectivity index (χ4n) is 2.03. The van der Waals surface area contributed by atoms with Crippen LogP contribution in [0, 0.1) is 5.92 Å². The maximum absolute atomic E-state index is 12.4. The Morgan fingerprint density at radius 2 is 1.88 bits per heavy atom. The fourth-order valence-corrected chi connectivity index (χ4v) is 3.61. The van der Waals surface area contributed by atoms with Crippen LogP contribution < -0.4 is 0 Å². The Bertz CT molecular complexity index is 518. The topological polar surface area (TPSA) is 34.1 Å². The number of sulfone groups is 1. The second-order valence-corrected chi connectivity index (χ2v) is 6.97. The first-order valence-corrected chi connectivity index (χ1v) is 7.52. The number of rotatable bonds is 2. The Morgan fingerprint density at radius 3 is 2.41 bits per heavy atom. The van der Waals surface area contributed by atoms with Gasteiger partial charge in [0.2, 0.25) is 0 Å². The first-order valence-electron chi connectivity index (χ1n) is 5.97. The lowest BCUT2D eigenvalue weighted by Crippen LogP contribution is -2.22. The third-order valence-corrected chi connectivity index (χ3v) is 5.36. The van der Waals surface area contributed by atoms with Gasteiger partial charge in [-0.2, -0.15) is 0 Å². The highest BCUT2D eigenvalue weighted by atomic mass is 32.2. The molecule has 0 fully saturated rings. The van der Waals surface area contributed by atoms with E-state index in [1.807, 2.05) is 31.2 Å². The average molecular weight is 250 g/mol. The number of hydrogen-bond acceptors (Lipinski definition) is 2. The molecule has 0 aromatic carbocycles. The van der Waals surface area contributed by atoms with Gasteiger partial charge in [0.15, 0.2) is 9.84 Å². The van der Waals surface area contributed by atoms with Gasteiger partial charge >= 0.3 is 0 Å². The van der Waals surface area contributed by atoms with Crippen molar-refractivity contribution in [2.45, 2.75) is 31.9 Å². The SMILES string of the molecule is CC1=CCC(S(=O)(=O)C2=CCC(C)C=C2)C=C1. The van der Waals surface area contributed by atoms with Gasteiger partial charge in [0.05, 0.1) is 10.2 Å². The molecule has 92 valence electrons. The van der Waals surface area contributed by atoms with Crippen molar-refractivity contribution >= 4 is 9.84 Å². The van der Waals surface area contributed by atoms with Crippen molar-refractivity contribution in [2.75, 3.05) is 0 Å². The lowest BCUT2D eigenvalue weighted by atomic mass is 10.0. The summed E-state index contributed by atoms with van der Waals surface area (Å²) in [4.78, 5) is 0.484. The van der Waals surface area contributed by atoms with Gasteiger partial charge < -0.3 is 0 Å². The molecule has 2 atom stereocenters. The number of hydrogen-bond donors (Lipinski definition) is 0. The normalized spacial score (nSPS) is 28.8. The molecule has 0 aromatic heterocycles. The minimum Gasteiger partial charge on any atom is -0.223 e. The molecule has 0 aromatic rings. The molecule has 0 radical (unpaired) electrons. The third-order valence-electron chi connectivity index (χ3n) is 3.25. The van der Waals surface area contributed by atoms with Gasteiger partial charge in [-0.3, -0.25) is 0 Å². The Kier molecular flexibility index (Phi) is 3.38. The van der Waals surface area contributed by atoms with E-state index in [0.717, 1.165) is 12.0 Å². The van der Waals surface area contributed by atoms with E-state index in [1.54, 1.807) is 12.2 Å². The largest absolute Gasteiger partial charge is 0.223 e. The summed E-state index contributed by atoms with van der Waals surface area (Å²) in [7, 11) is -3.19. The molecule has 3 heteroatoms. The summed E-state index contributed by atoms with van der Waals surface area (Å²) in [5.74, 6) is 0.443. The van der Waals surface area contributed by atoms with Gasteiger partial charge in [0.25, 0.3) is 0 Å². The summed E-state index contributed by atoms with van der Waals surface area (Å²) in [6, 6.07) is 0. The molecule has 0 spiro atoms. The van der Waals surface area contributed by atoms with E-state index in [1.165, 1.54) is 0 Å². The summed E-state index contributed by atoms with van der Waals surface area (Å²) in [5, 5.41) is -0.393. The van der Waals surface area contributed by atoms with Crippen molar-refractivity contribution in [1.82, 2.24) is 0 Å². The summed E-state index contributed by atoms with van der Waals surface area (Å²) in [6.45, 7) is 4.07. The van der Waals surface area contributed by atoms with E-state index in [9.17, 15) is 8.42 Å². The van der Waals surface area contributed by atoms with E-state index < -0.39 is 15.1 Å². The van der Waals surface area contributed by atoms with Gasteiger partial charge in [-0.15, -0.1) is 0 Å². The fraction of sp³-hybridized carbons (Fsp3) is 0.429. The van der Waals surface area contributed by atoms with E-state index in [2.05, 4.69) is 6.92 Å². The van der Waals surface area contributed by atoms with Crippen LogP contribution in [-0.2, 0) is 9.84 Å². The molecule has 0 aliphatic heterocycles. The molecule has 0 bridgehead atoms. The zero-order valence-electron chi connectivity index (χ0n) is 10.3. The Morgan fingerprint density at radius 1 is 1.12 bits per heavy atom. The molecular formula is C14H18O2S. The van der Waals surface area contributed by atoms with E-state index in [0.29, 0.717) is 17.2 Å². The summed E-state index contributed by atoms with van der Waals surface area (Å²) < 4.78 is 24.7. The Labute approximate surface area is 103 Å². The molecule has 0 saturated carbocycles. The predicted octanol–water partition coefficient (Wildman–Crippen LogP) is 3.16. The highest BCUT2D eigenvalue weighted by Gasteiger charge is 2.27. The van der Waals surface area contributed by atoms with Crippen LogP contribution in [0.1, 0.15) is 26.7 Å². The van der Waals surface area contributed by atoms with Crippen molar-refractivity contribution in [3.8, 4) is 0 Å². The monoisotopic (exact) mass is 250 g/mol. The highest BCUT2D eigenvalue weighted by Crippen LogP contribution is 2.27. The first-order chi connectivity index (χ1) is 8.00. The van der Waals surface area contributed by atoms with Crippen molar-refractivity contribution in [2.24, 2.45) is 5.92 Å². The molecule has 2 rings (SSSR count). The van der Waals surface area contributed by atoms with Crippen LogP contribution in [0.25, 0.3) is 0 Å². The van der Waals surface area contributed by atoms with Crippen LogP contribution in [0.4, 0.5) is 0 Å². The molecule has 0 amide bonds. The van der Waals surface area contributed by atoms with Crippen LogP contribution >= 0.6 is 0 Å². The zero-order valence-corrected chi connectivity index (χ0v) is 11.1. The molecule has 2 aliphatic rings. The second kappa shape index (κ2) is 4.65. The van der Waals surface area contributed by atoms with Crippen LogP contribution in [0.5, 0.6) is 0 Å².